The van der Waals surface area contributed by atoms with Gasteiger partial charge in [-0.05, 0) is 31.1 Å². The van der Waals surface area contributed by atoms with Crippen molar-refractivity contribution in [2.75, 3.05) is 5.75 Å². The molecule has 4 rings (SSSR count). The summed E-state index contributed by atoms with van der Waals surface area (Å²) in [6.45, 7) is 0. The number of hydrogen-bond donors (Lipinski definition) is 2. The molecule has 0 aromatic carbocycles. The van der Waals surface area contributed by atoms with E-state index < -0.39 is 0 Å². The minimum Gasteiger partial charge on any atom is -0.332 e. The number of nitrogens with one attached hydrogen (secondary N) is 2. The first-order valence-electron chi connectivity index (χ1n) is 8.95. The highest BCUT2D eigenvalue weighted by Crippen LogP contribution is 2.33. The number of carbonyl (C=O) groups excluding carboxylic acids is 3. The molecule has 0 aromatic heterocycles. The van der Waals surface area contributed by atoms with Gasteiger partial charge in [-0.3, -0.25) is 9.59 Å². The Morgan fingerprint density at radius 2 is 2.15 bits per heavy atom. The normalized spacial score (nSPS) is 29.8. The van der Waals surface area contributed by atoms with Crippen LogP contribution in [0.25, 0.3) is 0 Å². The van der Waals surface area contributed by atoms with Crippen LogP contribution in [0.3, 0.4) is 0 Å². The van der Waals surface area contributed by atoms with Crippen molar-refractivity contribution in [1.29, 1.82) is 0 Å². The molecular formula is C18H19N5O3S. The van der Waals surface area contributed by atoms with Crippen LogP contribution in [0.2, 0.25) is 0 Å². The lowest BCUT2D eigenvalue weighted by Crippen LogP contribution is -2.36. The van der Waals surface area contributed by atoms with Crippen LogP contribution >= 0.6 is 11.8 Å². The third-order valence-electron chi connectivity index (χ3n) is 4.90. The van der Waals surface area contributed by atoms with Crippen LogP contribution in [0.15, 0.2) is 38.8 Å². The van der Waals surface area contributed by atoms with Gasteiger partial charge in [-0.1, -0.05) is 6.42 Å². The monoisotopic (exact) mass is 385 g/mol. The third-order valence-corrected chi connectivity index (χ3v) is 6.41. The molecule has 2 saturated heterocycles. The topological polar surface area (TPSA) is 112 Å². The second-order valence-corrected chi connectivity index (χ2v) is 8.03. The molecule has 4 aliphatic rings. The van der Waals surface area contributed by atoms with Crippen molar-refractivity contribution in [2.24, 2.45) is 15.0 Å². The van der Waals surface area contributed by atoms with Gasteiger partial charge in [-0.15, -0.1) is 0 Å². The number of rotatable bonds is 5. The van der Waals surface area contributed by atoms with Gasteiger partial charge in [0, 0.05) is 17.4 Å². The average molecular weight is 385 g/mol. The fraction of sp³-hybridized carbons (Fsp3) is 0.444. The van der Waals surface area contributed by atoms with Crippen LogP contribution in [0.4, 0.5) is 4.79 Å². The van der Waals surface area contributed by atoms with Gasteiger partial charge in [0.15, 0.2) is 0 Å². The first-order chi connectivity index (χ1) is 13.1. The fourth-order valence-corrected chi connectivity index (χ4v) is 5.10. The molecule has 3 atom stereocenters. The van der Waals surface area contributed by atoms with E-state index in [4.69, 9.17) is 0 Å². The van der Waals surface area contributed by atoms with Crippen molar-refractivity contribution in [3.8, 4) is 0 Å². The highest BCUT2D eigenvalue weighted by molar-refractivity contribution is 8.00. The molecule has 9 heteroatoms. The molecule has 0 spiro atoms. The maximum absolute atomic E-state index is 12.1. The van der Waals surface area contributed by atoms with Gasteiger partial charge in [0.1, 0.15) is 6.34 Å². The Balaban J connectivity index is 1.24. The van der Waals surface area contributed by atoms with Crippen LogP contribution < -0.4 is 10.6 Å². The molecule has 4 amide bonds. The van der Waals surface area contributed by atoms with E-state index in [0.29, 0.717) is 28.7 Å². The number of fused-ring (bicyclic) bond motifs is 2. The molecule has 1 aliphatic carbocycles. The Morgan fingerprint density at radius 1 is 1.26 bits per heavy atom. The quantitative estimate of drug-likeness (QED) is 0.420. The van der Waals surface area contributed by atoms with Crippen LogP contribution in [-0.2, 0) is 9.59 Å². The number of urea groups is 1. The van der Waals surface area contributed by atoms with E-state index in [1.807, 2.05) is 11.8 Å². The van der Waals surface area contributed by atoms with Crippen LogP contribution in [0, 0.1) is 0 Å². The largest absolute Gasteiger partial charge is 0.332 e. The summed E-state index contributed by atoms with van der Waals surface area (Å²) in [4.78, 5) is 47.0. The molecule has 27 heavy (non-hydrogen) atoms. The molecule has 0 bridgehead atoms. The highest BCUT2D eigenvalue weighted by Gasteiger charge is 2.42. The zero-order chi connectivity index (χ0) is 18.8. The molecule has 0 unspecified atom stereocenters. The molecule has 2 N–H and O–H groups in total. The number of thioether (sulfide) groups is 1. The van der Waals surface area contributed by atoms with E-state index in [1.54, 1.807) is 18.2 Å². The predicted octanol–water partition coefficient (Wildman–Crippen LogP) is 1.19. The average Bonchev–Trinajstić information content (AvgIpc) is 3.19. The van der Waals surface area contributed by atoms with Gasteiger partial charge < -0.3 is 10.6 Å². The second kappa shape index (κ2) is 7.59. The lowest BCUT2D eigenvalue weighted by molar-refractivity contribution is -0.118. The zero-order valence-corrected chi connectivity index (χ0v) is 15.4. The third kappa shape index (κ3) is 3.92. The van der Waals surface area contributed by atoms with Crippen molar-refractivity contribution in [1.82, 2.24) is 10.6 Å². The zero-order valence-electron chi connectivity index (χ0n) is 14.6. The maximum Gasteiger partial charge on any atom is 0.315 e. The number of aliphatic imine (C=N–C) groups is 3. The van der Waals surface area contributed by atoms with Crippen molar-refractivity contribution < 1.29 is 14.4 Å². The lowest BCUT2D eigenvalue weighted by Gasteiger charge is -2.16. The molecule has 2 fully saturated rings. The minimum atomic E-state index is -0.370. The Kier molecular flexibility index (Phi) is 5.02. The smallest absolute Gasteiger partial charge is 0.315 e. The summed E-state index contributed by atoms with van der Waals surface area (Å²) in [6, 6.07) is 0.349. The number of hydrogen-bond acceptors (Lipinski definition) is 5. The van der Waals surface area contributed by atoms with Crippen LogP contribution in [-0.4, -0.2) is 58.7 Å². The van der Waals surface area contributed by atoms with E-state index >= 15 is 0 Å². The molecule has 0 saturated carbocycles. The molecule has 3 heterocycles. The first-order valence-corrected chi connectivity index (χ1v) is 10.00. The SMILES string of the molecule is O=C(CCCC[C@@H]1SC[C@@H]2NC(=O)N[C@@H]21)N=C1C=CC2=NC=NC(=O)C2=C1. The summed E-state index contributed by atoms with van der Waals surface area (Å²) in [5, 5.41) is 6.30. The molecular weight excluding hydrogens is 366 g/mol. The van der Waals surface area contributed by atoms with E-state index in [0.717, 1.165) is 25.0 Å². The number of carbonyl (C=O) groups is 3. The summed E-state index contributed by atoms with van der Waals surface area (Å²) < 4.78 is 0. The maximum atomic E-state index is 12.1. The second-order valence-electron chi connectivity index (χ2n) is 6.75. The van der Waals surface area contributed by atoms with Crippen LogP contribution in [0.1, 0.15) is 25.7 Å². The Hall–Kier alpha value is -2.55. The van der Waals surface area contributed by atoms with Gasteiger partial charge in [-0.25, -0.2) is 14.8 Å². The first kappa shape index (κ1) is 17.8. The minimum absolute atomic E-state index is 0.0775. The Labute approximate surface area is 160 Å². The van der Waals surface area contributed by atoms with Crippen molar-refractivity contribution in [3.63, 3.8) is 0 Å². The van der Waals surface area contributed by atoms with Gasteiger partial charge in [-0.2, -0.15) is 16.8 Å². The summed E-state index contributed by atoms with van der Waals surface area (Å²) in [7, 11) is 0. The highest BCUT2D eigenvalue weighted by atomic mass is 32.2. The molecule has 0 aromatic rings. The van der Waals surface area contributed by atoms with Crippen molar-refractivity contribution in [2.45, 2.75) is 43.0 Å². The van der Waals surface area contributed by atoms with E-state index in [1.165, 1.54) is 6.34 Å². The number of amides is 4. The Morgan fingerprint density at radius 3 is 3.04 bits per heavy atom. The van der Waals surface area contributed by atoms with Gasteiger partial charge >= 0.3 is 6.03 Å². The summed E-state index contributed by atoms with van der Waals surface area (Å²) >= 11 is 1.87. The van der Waals surface area contributed by atoms with Gasteiger partial charge in [0.05, 0.1) is 29.1 Å². The standard InChI is InChI=1S/C18H19N5O3S/c24-15(21-10-5-6-12-11(7-10)17(25)20-9-19-12)4-2-1-3-14-16-13(8-27-14)22-18(26)23-16/h5-7,9,13-14,16H,1-4,8H2,(H2,22,23,26)/t13-,14-,16-/m0/s1. The van der Waals surface area contributed by atoms with E-state index in [9.17, 15) is 14.4 Å². The summed E-state index contributed by atoms with van der Waals surface area (Å²) in [5.74, 6) is 0.368. The van der Waals surface area contributed by atoms with Crippen LogP contribution in [0.5, 0.6) is 0 Å². The summed E-state index contributed by atoms with van der Waals surface area (Å²) in [5.41, 5.74) is 1.36. The number of allylic oxidation sites excluding steroid dienone is 3. The number of nitrogens with zero attached hydrogens (tertiary/aromatic N) is 3. The van der Waals surface area contributed by atoms with Gasteiger partial charge in [0.2, 0.25) is 5.91 Å². The van der Waals surface area contributed by atoms with E-state index in [2.05, 4.69) is 25.6 Å². The molecule has 0 radical (unpaired) electrons. The van der Waals surface area contributed by atoms with Crippen molar-refractivity contribution >= 4 is 47.4 Å². The van der Waals surface area contributed by atoms with Crippen molar-refractivity contribution in [3.05, 3.63) is 23.8 Å². The molecule has 3 aliphatic heterocycles. The van der Waals surface area contributed by atoms with Gasteiger partial charge in [0.25, 0.3) is 5.91 Å². The van der Waals surface area contributed by atoms with E-state index in [-0.39, 0.29) is 29.9 Å². The fourth-order valence-electron chi connectivity index (χ4n) is 3.56. The number of unbranched alkanes of at least 4 members (excludes halogenated alkanes) is 1. The molecule has 8 nitrogen and oxygen atoms in total. The lowest BCUT2D eigenvalue weighted by atomic mass is 10.0. The molecule has 140 valence electrons. The Bertz CT molecular complexity index is 842. The summed E-state index contributed by atoms with van der Waals surface area (Å²) in [6.07, 6.45) is 9.12. The predicted molar refractivity (Wildman–Crippen MR) is 105 cm³/mol.